The third-order valence-electron chi connectivity index (χ3n) is 4.77. The normalized spacial score (nSPS) is 17.3. The van der Waals surface area contributed by atoms with E-state index in [1.165, 1.54) is 4.88 Å². The summed E-state index contributed by atoms with van der Waals surface area (Å²) < 4.78 is 7.37. The summed E-state index contributed by atoms with van der Waals surface area (Å²) in [6.45, 7) is 10.7. The van der Waals surface area contributed by atoms with Crippen molar-refractivity contribution in [2.75, 3.05) is 38.2 Å². The highest BCUT2D eigenvalue weighted by Crippen LogP contribution is 2.26. The number of anilines is 1. The van der Waals surface area contributed by atoms with Crippen molar-refractivity contribution < 1.29 is 4.74 Å². The molecule has 1 atom stereocenters. The zero-order valence-corrected chi connectivity index (χ0v) is 16.9. The van der Waals surface area contributed by atoms with Crippen LogP contribution in [-0.4, -0.2) is 57.6 Å². The fourth-order valence-corrected chi connectivity index (χ4v) is 4.19. The molecule has 1 N–H and O–H groups in total. The molecule has 3 aromatic heterocycles. The number of hydrogen-bond acceptors (Lipinski definition) is 7. The smallest absolute Gasteiger partial charge is 0.178 e. The van der Waals surface area contributed by atoms with Gasteiger partial charge in [0, 0.05) is 29.9 Å². The average molecular weight is 387 g/mol. The molecule has 0 amide bonds. The summed E-state index contributed by atoms with van der Waals surface area (Å²) in [7, 11) is 0. The summed E-state index contributed by atoms with van der Waals surface area (Å²) in [4.78, 5) is 3.85. The van der Waals surface area contributed by atoms with Crippen molar-refractivity contribution in [1.82, 2.24) is 24.7 Å². The van der Waals surface area contributed by atoms with Crippen LogP contribution in [0, 0.1) is 0 Å². The van der Waals surface area contributed by atoms with E-state index < -0.39 is 0 Å². The second kappa shape index (κ2) is 7.53. The summed E-state index contributed by atoms with van der Waals surface area (Å²) in [6, 6.07) is 8.58. The van der Waals surface area contributed by atoms with Crippen LogP contribution >= 0.6 is 11.3 Å². The Kier molecular flexibility index (Phi) is 5.12. The van der Waals surface area contributed by atoms with Crippen LogP contribution in [0.2, 0.25) is 0 Å². The van der Waals surface area contributed by atoms with Crippen LogP contribution in [0.3, 0.4) is 0 Å². The van der Waals surface area contributed by atoms with Gasteiger partial charge >= 0.3 is 0 Å². The predicted molar refractivity (Wildman–Crippen MR) is 107 cm³/mol. The number of fused-ring (bicyclic) bond motifs is 1. The van der Waals surface area contributed by atoms with Gasteiger partial charge in [-0.2, -0.15) is 4.52 Å². The second-order valence-corrected chi connectivity index (χ2v) is 8.80. The van der Waals surface area contributed by atoms with Gasteiger partial charge in [0.15, 0.2) is 11.5 Å². The van der Waals surface area contributed by atoms with Gasteiger partial charge in [-0.1, -0.05) is 26.8 Å². The second-order valence-electron chi connectivity index (χ2n) is 7.82. The summed E-state index contributed by atoms with van der Waals surface area (Å²) >= 11 is 1.80. The van der Waals surface area contributed by atoms with Gasteiger partial charge < -0.3 is 10.1 Å². The molecule has 1 fully saturated rings. The quantitative estimate of drug-likeness (QED) is 0.727. The van der Waals surface area contributed by atoms with Gasteiger partial charge in [0.25, 0.3) is 0 Å². The van der Waals surface area contributed by atoms with E-state index in [0.29, 0.717) is 6.04 Å². The maximum atomic E-state index is 5.53. The number of thiophene rings is 1. The standard InChI is InChI=1S/C19H26N6OS/c1-19(2,3)18-22-21-17-7-6-16(23-25(17)18)20-13-14(15-5-4-12-27-15)24-8-10-26-11-9-24/h4-7,12,14H,8-11,13H2,1-3H3,(H,20,23). The van der Waals surface area contributed by atoms with Crippen molar-refractivity contribution in [3.8, 4) is 0 Å². The third kappa shape index (κ3) is 3.97. The maximum absolute atomic E-state index is 5.53. The van der Waals surface area contributed by atoms with Gasteiger partial charge in [0.1, 0.15) is 5.82 Å². The summed E-state index contributed by atoms with van der Waals surface area (Å²) in [5, 5.41) is 19.0. The Morgan fingerprint density at radius 3 is 2.70 bits per heavy atom. The average Bonchev–Trinajstić information content (AvgIpc) is 3.32. The Labute approximate surface area is 163 Å². The van der Waals surface area contributed by atoms with Gasteiger partial charge in [-0.15, -0.1) is 26.6 Å². The Morgan fingerprint density at radius 1 is 1.19 bits per heavy atom. The lowest BCUT2D eigenvalue weighted by Gasteiger charge is -2.34. The lowest BCUT2D eigenvalue weighted by molar-refractivity contribution is 0.0194. The molecule has 3 aromatic rings. The highest BCUT2D eigenvalue weighted by atomic mass is 32.1. The van der Waals surface area contributed by atoms with Crippen molar-refractivity contribution >= 4 is 22.8 Å². The Morgan fingerprint density at radius 2 is 2.00 bits per heavy atom. The fraction of sp³-hybridized carbons (Fsp3) is 0.526. The van der Waals surface area contributed by atoms with E-state index in [1.54, 1.807) is 11.3 Å². The van der Waals surface area contributed by atoms with E-state index in [9.17, 15) is 0 Å². The van der Waals surface area contributed by atoms with E-state index in [-0.39, 0.29) is 5.41 Å². The molecule has 1 unspecified atom stereocenters. The number of hydrogen-bond donors (Lipinski definition) is 1. The molecule has 0 aromatic carbocycles. The van der Waals surface area contributed by atoms with Crippen LogP contribution in [0.15, 0.2) is 29.6 Å². The van der Waals surface area contributed by atoms with Crippen LogP contribution in [0.5, 0.6) is 0 Å². The number of ether oxygens (including phenoxy) is 1. The molecule has 1 saturated heterocycles. The van der Waals surface area contributed by atoms with Crippen molar-refractivity contribution in [2.45, 2.75) is 32.2 Å². The number of morpholine rings is 1. The van der Waals surface area contributed by atoms with E-state index in [0.717, 1.165) is 50.1 Å². The predicted octanol–water partition coefficient (Wildman–Crippen LogP) is 2.97. The fourth-order valence-electron chi connectivity index (χ4n) is 3.33. The van der Waals surface area contributed by atoms with Crippen molar-refractivity contribution in [3.63, 3.8) is 0 Å². The zero-order chi connectivity index (χ0) is 18.9. The third-order valence-corrected chi connectivity index (χ3v) is 5.74. The number of aromatic nitrogens is 4. The lowest BCUT2D eigenvalue weighted by atomic mass is 9.96. The molecule has 4 rings (SSSR count). The highest BCUT2D eigenvalue weighted by molar-refractivity contribution is 7.10. The summed E-state index contributed by atoms with van der Waals surface area (Å²) in [6.07, 6.45) is 0. The molecule has 1 aliphatic rings. The molecule has 0 spiro atoms. The van der Waals surface area contributed by atoms with Crippen molar-refractivity contribution in [3.05, 3.63) is 40.3 Å². The van der Waals surface area contributed by atoms with Gasteiger partial charge in [0.05, 0.1) is 19.3 Å². The minimum atomic E-state index is -0.113. The first-order chi connectivity index (χ1) is 13.0. The molecule has 0 aliphatic carbocycles. The van der Waals surface area contributed by atoms with Crippen molar-refractivity contribution in [2.24, 2.45) is 0 Å². The molecule has 27 heavy (non-hydrogen) atoms. The minimum Gasteiger partial charge on any atom is -0.379 e. The lowest BCUT2D eigenvalue weighted by Crippen LogP contribution is -2.41. The van der Waals surface area contributed by atoms with Crippen LogP contribution in [0.4, 0.5) is 5.82 Å². The molecule has 7 nitrogen and oxygen atoms in total. The first-order valence-electron chi connectivity index (χ1n) is 9.34. The van der Waals surface area contributed by atoms with Crippen LogP contribution in [0.25, 0.3) is 5.65 Å². The van der Waals surface area contributed by atoms with Crippen molar-refractivity contribution in [1.29, 1.82) is 0 Å². The Balaban J connectivity index is 1.55. The summed E-state index contributed by atoms with van der Waals surface area (Å²) in [5.74, 6) is 1.70. The molecule has 1 aliphatic heterocycles. The number of nitrogens with one attached hydrogen (secondary N) is 1. The molecule has 144 valence electrons. The molecular formula is C19H26N6OS. The topological polar surface area (TPSA) is 67.6 Å². The Bertz CT molecular complexity index is 879. The van der Waals surface area contributed by atoms with E-state index in [4.69, 9.17) is 9.84 Å². The molecule has 0 saturated carbocycles. The van der Waals surface area contributed by atoms with E-state index in [1.807, 2.05) is 16.6 Å². The Hall–Kier alpha value is -2.03. The summed E-state index contributed by atoms with van der Waals surface area (Å²) in [5.41, 5.74) is 0.659. The van der Waals surface area contributed by atoms with Crippen LogP contribution < -0.4 is 5.32 Å². The van der Waals surface area contributed by atoms with E-state index in [2.05, 4.69) is 58.7 Å². The largest absolute Gasteiger partial charge is 0.379 e. The first kappa shape index (κ1) is 18.3. The van der Waals surface area contributed by atoms with Gasteiger partial charge in [-0.05, 0) is 23.6 Å². The van der Waals surface area contributed by atoms with E-state index >= 15 is 0 Å². The van der Waals surface area contributed by atoms with Crippen LogP contribution in [0.1, 0.15) is 37.5 Å². The number of nitrogens with zero attached hydrogens (tertiary/aromatic N) is 5. The maximum Gasteiger partial charge on any atom is 0.178 e. The molecular weight excluding hydrogens is 360 g/mol. The SMILES string of the molecule is CC(C)(C)c1nnc2ccc(NCC(c3cccs3)N3CCOCC3)nn12. The molecule has 8 heteroatoms. The molecule has 0 bridgehead atoms. The van der Waals surface area contributed by atoms with Gasteiger partial charge in [-0.3, -0.25) is 4.90 Å². The first-order valence-corrected chi connectivity index (χ1v) is 10.2. The minimum absolute atomic E-state index is 0.113. The van der Waals surface area contributed by atoms with Crippen LogP contribution in [-0.2, 0) is 10.2 Å². The molecule has 4 heterocycles. The number of rotatable bonds is 5. The molecule has 0 radical (unpaired) electrons. The van der Waals surface area contributed by atoms with Gasteiger partial charge in [-0.25, -0.2) is 0 Å². The van der Waals surface area contributed by atoms with Gasteiger partial charge in [0.2, 0.25) is 0 Å². The highest BCUT2D eigenvalue weighted by Gasteiger charge is 2.24. The monoisotopic (exact) mass is 386 g/mol. The zero-order valence-electron chi connectivity index (χ0n) is 16.1.